The van der Waals surface area contributed by atoms with Gasteiger partial charge in [-0.15, -0.1) is 0 Å². The second-order valence-corrected chi connectivity index (χ2v) is 26.3. The molecule has 0 bridgehead atoms. The Labute approximate surface area is 609 Å². The first-order chi connectivity index (χ1) is 50.8. The number of aliphatic carboxylic acids is 5. The van der Waals surface area contributed by atoms with Crippen LogP contribution in [-0.2, 0) is 52.7 Å². The summed E-state index contributed by atoms with van der Waals surface area (Å²) in [6.45, 7) is -5.57. The third kappa shape index (κ3) is 26.3. The summed E-state index contributed by atoms with van der Waals surface area (Å²) in [5.41, 5.74) is -0.407. The minimum Gasteiger partial charge on any atom is -0.494 e. The number of alkyl halides is 4. The Morgan fingerprint density at radius 2 is 1.08 bits per heavy atom. The number of aromatic nitrogens is 2. The molecule has 3 saturated heterocycles. The summed E-state index contributed by atoms with van der Waals surface area (Å²) >= 11 is 0. The largest absolute Gasteiger partial charge is 0.494 e. The normalized spacial score (nSPS) is 16.7. The summed E-state index contributed by atoms with van der Waals surface area (Å²) in [7, 11) is 0. The molecule has 0 aliphatic carbocycles. The van der Waals surface area contributed by atoms with Crippen LogP contribution >= 0.6 is 0 Å². The van der Waals surface area contributed by atoms with Crippen molar-refractivity contribution in [2.45, 2.75) is 125 Å². The first kappa shape index (κ1) is 83.3. The number of carbonyl (C=O) groups is 13. The molecular weight excluding hydrogens is 1420 g/mol. The minimum absolute atomic E-state index is 0.000419. The zero-order valence-corrected chi connectivity index (χ0v) is 58.4. The number of carboxylic acid groups (broad SMARTS) is 5. The molecule has 2 aromatic carbocycles. The van der Waals surface area contributed by atoms with Crippen molar-refractivity contribution in [3.05, 3.63) is 72.1 Å². The maximum Gasteiger partial charge on any atom is 0.326 e. The highest BCUT2D eigenvalue weighted by atomic mass is 19.3. The van der Waals surface area contributed by atoms with E-state index in [-0.39, 0.29) is 109 Å². The lowest BCUT2D eigenvalue weighted by Gasteiger charge is -2.45. The van der Waals surface area contributed by atoms with Gasteiger partial charge < -0.3 is 76.7 Å². The predicted molar refractivity (Wildman–Crippen MR) is 367 cm³/mol. The molecule has 2 aromatic heterocycles. The van der Waals surface area contributed by atoms with Crippen molar-refractivity contribution in [3.63, 3.8) is 0 Å². The number of rotatable bonds is 42. The number of nitrogens with one attached hydrogen (secondary N) is 6. The lowest BCUT2D eigenvalue weighted by Crippen LogP contribution is -2.62. The number of hydrogen-bond donors (Lipinski definition) is 11. The molecule has 38 heteroatoms. The molecule has 5 heterocycles. The number of likely N-dealkylation sites (tertiary alicyclic amines) is 2. The minimum atomic E-state index is -3.25. The van der Waals surface area contributed by atoms with Crippen LogP contribution in [0.3, 0.4) is 0 Å². The van der Waals surface area contributed by atoms with E-state index in [1.807, 2.05) is 0 Å². The Balaban J connectivity index is 0.918. The molecule has 3 aliphatic heterocycles. The number of pyridine rings is 2. The average Bonchev–Trinajstić information content (AvgIpc) is 1.61. The number of ether oxygens (including phenoxy) is 2. The standard InChI is InChI=1S/C69H86F4N14O20/c70-68(71)19-24-85(41-68)57(91)33-79-63(101)46-16-22-75-50-10-8-44(29-48(46)50)106-27-5-3-20-77-54(88)14-12-52(65(103)78-21-4-6-28-107-45-9-11-51-49(30-45)47(17-23-76-51)64(102)80-34-58(92)87-42-69(72,73)31-43(87)32-74)81-56(90)15-13-53(66(104)105)82-55(89)7-1-2-18-67(86(37-61(97)98)38-62(99)100)39-83(35-59(93)94)25-26-84(40-67)36-60(95)96/h8-11,16-17,22-23,29-30,43,52-53H,1-7,12-15,18-21,24-28,31,33-42H2,(H,77,88)(H,78,103)(H,79,101)(H,80,102)(H,81,90)(H,82,89)(H,93,94)(H,95,96)(H,97,98)(H,99,100)(H,104,105)/t43-,52-,53?/m0/s1. The third-order valence-electron chi connectivity index (χ3n) is 18.0. The predicted octanol–water partition coefficient (Wildman–Crippen LogP) is 1.29. The first-order valence-electron chi connectivity index (χ1n) is 34.6. The van der Waals surface area contributed by atoms with Gasteiger partial charge in [0.1, 0.15) is 29.6 Å². The van der Waals surface area contributed by atoms with E-state index < -0.39 is 191 Å². The average molecular weight is 1510 g/mol. The quantitative estimate of drug-likeness (QED) is 0.0220. The molecule has 4 aromatic rings. The van der Waals surface area contributed by atoms with Crippen molar-refractivity contribution in [3.8, 4) is 17.6 Å². The van der Waals surface area contributed by atoms with Crippen LogP contribution in [0.25, 0.3) is 21.8 Å². The Bertz CT molecular complexity index is 3920. The molecule has 3 atom stereocenters. The van der Waals surface area contributed by atoms with Gasteiger partial charge in [0, 0.05) is 107 Å². The van der Waals surface area contributed by atoms with Gasteiger partial charge in [-0.05, 0) is 99.9 Å². The molecule has 34 nitrogen and oxygen atoms in total. The number of amides is 8. The highest BCUT2D eigenvalue weighted by Gasteiger charge is 2.48. The number of nitrogens with zero attached hydrogens (tertiary/aromatic N) is 8. The van der Waals surface area contributed by atoms with Crippen LogP contribution in [0.15, 0.2) is 60.9 Å². The fourth-order valence-electron chi connectivity index (χ4n) is 12.7. The van der Waals surface area contributed by atoms with Gasteiger partial charge in [-0.2, -0.15) is 5.26 Å². The summed E-state index contributed by atoms with van der Waals surface area (Å²) < 4.78 is 67.2. The highest BCUT2D eigenvalue weighted by molar-refractivity contribution is 6.08. The molecule has 107 heavy (non-hydrogen) atoms. The number of nitriles is 1. The highest BCUT2D eigenvalue weighted by Crippen LogP contribution is 2.33. The number of carboxylic acids is 5. The summed E-state index contributed by atoms with van der Waals surface area (Å²) in [4.78, 5) is 180. The zero-order valence-electron chi connectivity index (χ0n) is 58.4. The summed E-state index contributed by atoms with van der Waals surface area (Å²) in [6, 6.07) is 9.68. The molecule has 3 aliphatic rings. The number of fused-ring (bicyclic) bond motifs is 2. The Morgan fingerprint density at radius 3 is 1.60 bits per heavy atom. The topological polar surface area (TPSA) is 479 Å². The fourth-order valence-corrected chi connectivity index (χ4v) is 12.7. The van der Waals surface area contributed by atoms with Gasteiger partial charge in [-0.1, -0.05) is 6.42 Å². The van der Waals surface area contributed by atoms with Crippen LogP contribution in [0.1, 0.15) is 111 Å². The van der Waals surface area contributed by atoms with Gasteiger partial charge >= 0.3 is 29.8 Å². The van der Waals surface area contributed by atoms with Crippen molar-refractivity contribution < 1.29 is 115 Å². The molecule has 8 amide bonds. The number of carbonyl (C=O) groups excluding carboxylic acids is 8. The fraction of sp³-hybridized carbons (Fsp3) is 0.536. The second-order valence-electron chi connectivity index (χ2n) is 26.3. The van der Waals surface area contributed by atoms with E-state index in [0.29, 0.717) is 59.0 Å². The van der Waals surface area contributed by atoms with Crippen LogP contribution in [0.5, 0.6) is 11.5 Å². The van der Waals surface area contributed by atoms with Crippen molar-refractivity contribution >= 4 is 98.9 Å². The van der Waals surface area contributed by atoms with Crippen molar-refractivity contribution in [1.29, 1.82) is 5.26 Å². The van der Waals surface area contributed by atoms with Gasteiger partial charge in [-0.3, -0.25) is 82.2 Å². The number of benzene rings is 2. The molecular formula is C69H86F4N14O20. The summed E-state index contributed by atoms with van der Waals surface area (Å²) in [5, 5.41) is 74.5. The summed E-state index contributed by atoms with van der Waals surface area (Å²) in [6.07, 6.45) is 1.04. The number of unbranched alkanes of at least 4 members (excludes halogenated alkanes) is 3. The lowest BCUT2D eigenvalue weighted by atomic mass is 9.88. The third-order valence-corrected chi connectivity index (χ3v) is 18.0. The van der Waals surface area contributed by atoms with E-state index in [1.165, 1.54) is 40.4 Å². The van der Waals surface area contributed by atoms with Crippen LogP contribution in [0.4, 0.5) is 17.6 Å². The van der Waals surface area contributed by atoms with E-state index in [4.69, 9.17) is 9.47 Å². The first-order valence-corrected chi connectivity index (χ1v) is 34.6. The van der Waals surface area contributed by atoms with Gasteiger partial charge in [0.2, 0.25) is 35.4 Å². The van der Waals surface area contributed by atoms with E-state index in [1.54, 1.807) is 36.4 Å². The molecule has 0 spiro atoms. The lowest BCUT2D eigenvalue weighted by molar-refractivity contribution is -0.148. The molecule has 7 rings (SSSR count). The smallest absolute Gasteiger partial charge is 0.326 e. The van der Waals surface area contributed by atoms with Crippen LogP contribution in [0.2, 0.25) is 0 Å². The molecule has 3 fully saturated rings. The molecule has 580 valence electrons. The van der Waals surface area contributed by atoms with Gasteiger partial charge in [-0.25, -0.2) is 22.4 Å². The molecule has 0 saturated carbocycles. The van der Waals surface area contributed by atoms with Gasteiger partial charge in [0.05, 0.1) is 93.8 Å². The van der Waals surface area contributed by atoms with E-state index >= 15 is 0 Å². The maximum absolute atomic E-state index is 14.0. The van der Waals surface area contributed by atoms with Crippen LogP contribution in [0, 0.1) is 11.3 Å². The van der Waals surface area contributed by atoms with Crippen molar-refractivity contribution in [2.75, 3.05) is 111 Å². The van der Waals surface area contributed by atoms with E-state index in [2.05, 4.69) is 41.9 Å². The van der Waals surface area contributed by atoms with E-state index in [0.717, 1.165) is 14.7 Å². The van der Waals surface area contributed by atoms with Gasteiger partial charge in [0.25, 0.3) is 23.7 Å². The SMILES string of the molecule is N#C[C@@H]1CC(F)(F)CN1C(=O)CNC(=O)c1ccnc2ccc(OCCCCNC(=O)[C@H](CCC(=O)NCCCCOc3ccc4nccc(C(=O)NCC(=O)N5CCC(F)(F)C5)c4c3)NC(=O)CCC(NC(=O)CCCCC3(N(CC(=O)O)CC(=O)O)CN(CC(=O)O)CCN(CC(=O)O)C3)C(=O)O)cc12. The molecule has 0 radical (unpaired) electrons. The van der Waals surface area contributed by atoms with Crippen LogP contribution in [-0.4, -0.2) is 284 Å². The Hall–Kier alpha value is -10.9. The van der Waals surface area contributed by atoms with Gasteiger partial charge in [0.15, 0.2) is 0 Å². The van der Waals surface area contributed by atoms with Crippen LogP contribution < -0.4 is 41.4 Å². The Kier molecular flexibility index (Phi) is 30.7. The maximum atomic E-state index is 14.0. The number of hydrogen-bond acceptors (Lipinski definition) is 21. The Morgan fingerprint density at radius 1 is 0.570 bits per heavy atom. The molecule has 11 N–H and O–H groups in total. The number of halogens is 4. The zero-order chi connectivity index (χ0) is 78.0. The summed E-state index contributed by atoms with van der Waals surface area (Å²) in [5.74, 6) is -18.2. The monoisotopic (exact) mass is 1510 g/mol. The van der Waals surface area contributed by atoms with E-state index in [9.17, 15) is 111 Å². The van der Waals surface area contributed by atoms with Crippen molar-refractivity contribution in [2.24, 2.45) is 0 Å². The van der Waals surface area contributed by atoms with Crippen molar-refractivity contribution in [1.82, 2.24) is 66.4 Å². The second kappa shape index (κ2) is 39.4. The molecule has 1 unspecified atom stereocenters.